The summed E-state index contributed by atoms with van der Waals surface area (Å²) in [5.74, 6) is 1.67. The molecule has 200 valence electrons. The second-order valence-corrected chi connectivity index (χ2v) is 12.0. The molecule has 5 heteroatoms. The normalized spacial score (nSPS) is 23.8. The molecule has 2 fully saturated rings. The molecule has 3 atom stereocenters. The van der Waals surface area contributed by atoms with Crippen LogP contribution in [-0.4, -0.2) is 73.5 Å². The molecule has 1 amide bonds. The molecule has 1 unspecified atom stereocenters. The number of amides is 1. The zero-order chi connectivity index (χ0) is 26.1. The second kappa shape index (κ2) is 11.1. The van der Waals surface area contributed by atoms with Crippen LogP contribution in [0, 0.1) is 11.8 Å². The Labute approximate surface area is 227 Å². The first-order chi connectivity index (χ1) is 18.5. The van der Waals surface area contributed by atoms with Crippen molar-refractivity contribution in [1.29, 1.82) is 0 Å². The average Bonchev–Trinajstić information content (AvgIpc) is 3.61. The van der Waals surface area contributed by atoms with Crippen molar-refractivity contribution in [3.05, 3.63) is 77.4 Å². The van der Waals surface area contributed by atoms with Gasteiger partial charge in [0.15, 0.2) is 0 Å². The van der Waals surface area contributed by atoms with Crippen LogP contribution in [-0.2, 0) is 24.2 Å². The lowest BCUT2D eigenvalue weighted by molar-refractivity contribution is -0.137. The van der Waals surface area contributed by atoms with E-state index in [4.69, 9.17) is 4.74 Å². The van der Waals surface area contributed by atoms with Crippen molar-refractivity contribution in [3.63, 3.8) is 0 Å². The molecule has 5 nitrogen and oxygen atoms in total. The third-order valence-electron chi connectivity index (χ3n) is 8.94. The van der Waals surface area contributed by atoms with Gasteiger partial charge in [-0.15, -0.1) is 0 Å². The lowest BCUT2D eigenvalue weighted by Gasteiger charge is -2.38. The number of ether oxygens (including phenoxy) is 1. The number of likely N-dealkylation sites (N-methyl/N-ethyl adjacent to an activating group) is 1. The van der Waals surface area contributed by atoms with Gasteiger partial charge in [-0.1, -0.05) is 42.5 Å². The highest BCUT2D eigenvalue weighted by molar-refractivity contribution is 5.83. The van der Waals surface area contributed by atoms with Crippen LogP contribution in [0.1, 0.15) is 36.0 Å². The van der Waals surface area contributed by atoms with Crippen molar-refractivity contribution in [3.8, 4) is 5.75 Å². The van der Waals surface area contributed by atoms with Gasteiger partial charge >= 0.3 is 0 Å². The van der Waals surface area contributed by atoms with Crippen molar-refractivity contribution in [2.75, 3.05) is 46.9 Å². The fourth-order valence-corrected chi connectivity index (χ4v) is 6.80. The first-order valence-corrected chi connectivity index (χ1v) is 14.4. The smallest absolute Gasteiger partial charge is 0.227 e. The predicted octanol–water partition coefficient (Wildman–Crippen LogP) is 5.01. The Morgan fingerprint density at radius 1 is 0.947 bits per heavy atom. The molecule has 0 bridgehead atoms. The van der Waals surface area contributed by atoms with E-state index in [1.807, 2.05) is 0 Å². The van der Waals surface area contributed by atoms with Gasteiger partial charge in [-0.2, -0.15) is 0 Å². The second-order valence-electron chi connectivity index (χ2n) is 12.0. The monoisotopic (exact) mass is 511 g/mol. The summed E-state index contributed by atoms with van der Waals surface area (Å²) in [5, 5.41) is 2.55. The van der Waals surface area contributed by atoms with E-state index >= 15 is 0 Å². The topological polar surface area (TPSA) is 36.0 Å². The molecule has 3 aliphatic rings. The molecular formula is C33H41N3O2. The zero-order valence-corrected chi connectivity index (χ0v) is 22.9. The van der Waals surface area contributed by atoms with E-state index in [0.717, 1.165) is 57.7 Å². The van der Waals surface area contributed by atoms with E-state index in [0.29, 0.717) is 24.5 Å². The Hall–Kier alpha value is -2.89. The summed E-state index contributed by atoms with van der Waals surface area (Å²) in [5.41, 5.74) is 4.23. The highest BCUT2D eigenvalue weighted by Gasteiger charge is 2.37. The number of piperidine rings is 1. The van der Waals surface area contributed by atoms with Gasteiger partial charge in [0.2, 0.25) is 5.91 Å². The standard InChI is InChI=1S/C33H41N3O2/c1-34(2)31-14-15-36(22-31)33(37)30-17-25(23-38-32-13-12-27-8-5-9-29(27)18-32)20-35(21-30)19-24-10-11-26-6-3-4-7-28(26)16-24/h3-4,6-7,10-13,16,18,25,30-31H,5,8-9,14-15,17,19-23H2,1-2H3/t25-,30+,31?/m0/s1. The number of carbonyl (C=O) groups is 1. The zero-order valence-electron chi connectivity index (χ0n) is 22.9. The molecular weight excluding hydrogens is 470 g/mol. The van der Waals surface area contributed by atoms with Crippen LogP contribution < -0.4 is 4.74 Å². The van der Waals surface area contributed by atoms with E-state index in [1.54, 1.807) is 0 Å². The van der Waals surface area contributed by atoms with E-state index in [9.17, 15) is 4.79 Å². The number of hydrogen-bond donors (Lipinski definition) is 0. The Morgan fingerprint density at radius 3 is 2.63 bits per heavy atom. The van der Waals surface area contributed by atoms with Crippen LogP contribution in [0.3, 0.4) is 0 Å². The van der Waals surface area contributed by atoms with Gasteiger partial charge in [-0.05, 0) is 91.9 Å². The predicted molar refractivity (Wildman–Crippen MR) is 153 cm³/mol. The molecule has 0 saturated carbocycles. The van der Waals surface area contributed by atoms with Gasteiger partial charge in [-0.25, -0.2) is 0 Å². The van der Waals surface area contributed by atoms with E-state index in [2.05, 4.69) is 89.5 Å². The summed E-state index contributed by atoms with van der Waals surface area (Å²) in [6, 6.07) is 22.4. The van der Waals surface area contributed by atoms with Gasteiger partial charge in [0, 0.05) is 44.7 Å². The summed E-state index contributed by atoms with van der Waals surface area (Å²) in [6.07, 6.45) is 5.57. The summed E-state index contributed by atoms with van der Waals surface area (Å²) in [4.78, 5) is 20.6. The lowest BCUT2D eigenvalue weighted by Crippen LogP contribution is -2.48. The van der Waals surface area contributed by atoms with Crippen LogP contribution >= 0.6 is 0 Å². The van der Waals surface area contributed by atoms with Crippen molar-refractivity contribution < 1.29 is 9.53 Å². The molecule has 2 saturated heterocycles. The van der Waals surface area contributed by atoms with E-state index in [-0.39, 0.29) is 5.92 Å². The SMILES string of the molecule is CN(C)C1CCN(C(=O)[C@@H]2C[C@H](COc3ccc4c(c3)CCC4)CN(Cc3ccc4ccccc4c3)C2)C1. The van der Waals surface area contributed by atoms with Crippen LogP contribution in [0.25, 0.3) is 10.8 Å². The molecule has 0 N–H and O–H groups in total. The fourth-order valence-electron chi connectivity index (χ4n) is 6.80. The largest absolute Gasteiger partial charge is 0.493 e. The maximum absolute atomic E-state index is 13.7. The number of fused-ring (bicyclic) bond motifs is 2. The number of nitrogens with zero attached hydrogens (tertiary/aromatic N) is 3. The summed E-state index contributed by atoms with van der Waals surface area (Å²) in [6.45, 7) is 5.04. The summed E-state index contributed by atoms with van der Waals surface area (Å²) in [7, 11) is 4.24. The van der Waals surface area contributed by atoms with Gasteiger partial charge in [-0.3, -0.25) is 9.69 Å². The van der Waals surface area contributed by atoms with Crippen LogP contribution in [0.15, 0.2) is 60.7 Å². The number of aryl methyl sites for hydroxylation is 2. The molecule has 0 spiro atoms. The third kappa shape index (κ3) is 5.60. The fraction of sp³-hybridized carbons (Fsp3) is 0.485. The van der Waals surface area contributed by atoms with Crippen LogP contribution in [0.4, 0.5) is 0 Å². The minimum atomic E-state index is 0.0266. The van der Waals surface area contributed by atoms with E-state index in [1.165, 1.54) is 40.3 Å². The highest BCUT2D eigenvalue weighted by Crippen LogP contribution is 2.30. The van der Waals surface area contributed by atoms with Crippen molar-refractivity contribution >= 4 is 16.7 Å². The number of likely N-dealkylation sites (tertiary alicyclic amines) is 2. The molecule has 2 aliphatic heterocycles. The van der Waals surface area contributed by atoms with Gasteiger partial charge in [0.25, 0.3) is 0 Å². The Balaban J connectivity index is 1.16. The van der Waals surface area contributed by atoms with Crippen molar-refractivity contribution in [2.45, 2.75) is 44.7 Å². The maximum Gasteiger partial charge on any atom is 0.227 e. The molecule has 38 heavy (non-hydrogen) atoms. The Kier molecular flexibility index (Phi) is 7.40. The Bertz CT molecular complexity index is 1290. The van der Waals surface area contributed by atoms with Crippen LogP contribution in [0.2, 0.25) is 0 Å². The van der Waals surface area contributed by atoms with Crippen LogP contribution in [0.5, 0.6) is 5.75 Å². The van der Waals surface area contributed by atoms with Crippen molar-refractivity contribution in [1.82, 2.24) is 14.7 Å². The first-order valence-electron chi connectivity index (χ1n) is 14.4. The quantitative estimate of drug-likeness (QED) is 0.447. The molecule has 3 aromatic carbocycles. The first kappa shape index (κ1) is 25.4. The molecule has 0 aromatic heterocycles. The van der Waals surface area contributed by atoms with Crippen molar-refractivity contribution in [2.24, 2.45) is 11.8 Å². The maximum atomic E-state index is 13.7. The number of benzene rings is 3. The number of rotatable bonds is 7. The molecule has 1 aliphatic carbocycles. The van der Waals surface area contributed by atoms with E-state index < -0.39 is 0 Å². The highest BCUT2D eigenvalue weighted by atomic mass is 16.5. The average molecular weight is 512 g/mol. The lowest BCUT2D eigenvalue weighted by atomic mass is 9.88. The molecule has 2 heterocycles. The minimum absolute atomic E-state index is 0.0266. The molecule has 6 rings (SSSR count). The Morgan fingerprint density at radius 2 is 1.79 bits per heavy atom. The van der Waals surface area contributed by atoms with Gasteiger partial charge in [0.05, 0.1) is 12.5 Å². The molecule has 0 radical (unpaired) electrons. The minimum Gasteiger partial charge on any atom is -0.493 e. The third-order valence-corrected chi connectivity index (χ3v) is 8.94. The van der Waals surface area contributed by atoms with Gasteiger partial charge in [0.1, 0.15) is 5.75 Å². The number of hydrogen-bond acceptors (Lipinski definition) is 4. The molecule has 3 aromatic rings. The summed E-state index contributed by atoms with van der Waals surface area (Å²) >= 11 is 0. The van der Waals surface area contributed by atoms with Gasteiger partial charge < -0.3 is 14.5 Å². The number of carbonyl (C=O) groups excluding carboxylic acids is 1. The summed E-state index contributed by atoms with van der Waals surface area (Å²) < 4.78 is 6.37.